The van der Waals surface area contributed by atoms with Crippen LogP contribution >= 0.6 is 0 Å². The zero-order valence-corrected chi connectivity index (χ0v) is 7.47. The minimum Gasteiger partial charge on any atom is -0.469 e. The molecule has 0 radical (unpaired) electrons. The van der Waals surface area contributed by atoms with E-state index in [1.165, 1.54) is 0 Å². The van der Waals surface area contributed by atoms with Crippen LogP contribution in [0.1, 0.15) is 5.56 Å². The van der Waals surface area contributed by atoms with E-state index in [-0.39, 0.29) is 0 Å². The summed E-state index contributed by atoms with van der Waals surface area (Å²) in [6.45, 7) is 0.441. The normalized spacial score (nSPS) is 16.0. The van der Waals surface area contributed by atoms with Gasteiger partial charge in [-0.2, -0.15) is 0 Å². The van der Waals surface area contributed by atoms with Crippen LogP contribution < -0.4 is 15.3 Å². The van der Waals surface area contributed by atoms with Crippen molar-refractivity contribution >= 4 is 18.4 Å². The first-order valence-electron chi connectivity index (χ1n) is 4.45. The molecule has 2 aliphatic rings. The van der Waals surface area contributed by atoms with Gasteiger partial charge in [-0.3, -0.25) is 4.99 Å². The Morgan fingerprint density at radius 1 is 1.29 bits per heavy atom. The van der Waals surface area contributed by atoms with Gasteiger partial charge in [-0.1, -0.05) is 0 Å². The maximum atomic E-state index is 5.35. The molecule has 0 unspecified atom stereocenters. The zero-order valence-electron chi connectivity index (χ0n) is 7.47. The molecule has 0 fully saturated rings. The van der Waals surface area contributed by atoms with Crippen LogP contribution in [0.15, 0.2) is 28.3 Å². The number of fused-ring (bicyclic) bond motifs is 2. The van der Waals surface area contributed by atoms with E-state index in [0.717, 1.165) is 21.9 Å². The highest BCUT2D eigenvalue weighted by atomic mass is 16.5. The third-order valence-electron chi connectivity index (χ3n) is 2.30. The molecule has 0 spiro atoms. The second-order valence-electron chi connectivity index (χ2n) is 3.16. The molecule has 2 aliphatic heterocycles. The van der Waals surface area contributed by atoms with Crippen molar-refractivity contribution in [3.8, 4) is 5.75 Å². The van der Waals surface area contributed by atoms with E-state index in [1.54, 1.807) is 12.4 Å². The van der Waals surface area contributed by atoms with Crippen molar-refractivity contribution in [1.82, 2.24) is 0 Å². The van der Waals surface area contributed by atoms with Gasteiger partial charge in [0.05, 0.1) is 0 Å². The standard InChI is InChI=1S/C11H8N2O/c1-3-12-4-2-9-6-11-10(5-8(1)9)13-7-14-11/h1-6H,7H2. The van der Waals surface area contributed by atoms with Crippen LogP contribution in [0.2, 0.25) is 0 Å². The van der Waals surface area contributed by atoms with Crippen molar-refractivity contribution in [2.45, 2.75) is 0 Å². The lowest BCUT2D eigenvalue weighted by molar-refractivity contribution is 0.352. The van der Waals surface area contributed by atoms with Gasteiger partial charge in [0.25, 0.3) is 0 Å². The van der Waals surface area contributed by atoms with Crippen LogP contribution in [-0.4, -0.2) is 12.9 Å². The highest BCUT2D eigenvalue weighted by Gasteiger charge is 2.06. The number of ether oxygens (including phenoxy) is 1. The Hall–Kier alpha value is -1.90. The summed E-state index contributed by atoms with van der Waals surface area (Å²) in [6, 6.07) is 4.03. The van der Waals surface area contributed by atoms with Gasteiger partial charge in [0, 0.05) is 12.4 Å². The van der Waals surface area contributed by atoms with Crippen molar-refractivity contribution < 1.29 is 4.74 Å². The van der Waals surface area contributed by atoms with Gasteiger partial charge in [-0.25, -0.2) is 4.99 Å². The minimum absolute atomic E-state index is 0.441. The van der Waals surface area contributed by atoms with Gasteiger partial charge in [0.1, 0.15) is 11.1 Å². The second kappa shape index (κ2) is 2.80. The Morgan fingerprint density at radius 3 is 3.29 bits per heavy atom. The molecule has 3 heteroatoms. The smallest absolute Gasteiger partial charge is 0.180 e. The molecule has 0 aromatic heterocycles. The van der Waals surface area contributed by atoms with Crippen LogP contribution in [0.4, 0.5) is 0 Å². The van der Waals surface area contributed by atoms with E-state index in [2.05, 4.69) is 9.98 Å². The first-order chi connectivity index (χ1) is 6.93. The van der Waals surface area contributed by atoms with Crippen molar-refractivity contribution in [1.29, 1.82) is 0 Å². The largest absolute Gasteiger partial charge is 0.469 e. The molecule has 2 heterocycles. The molecule has 3 nitrogen and oxygen atoms in total. The molecular weight excluding hydrogens is 176 g/mol. The quantitative estimate of drug-likeness (QED) is 0.577. The highest BCUT2D eigenvalue weighted by molar-refractivity contribution is 5.93. The molecule has 0 amide bonds. The first kappa shape index (κ1) is 7.50. The van der Waals surface area contributed by atoms with Crippen LogP contribution in [0.3, 0.4) is 0 Å². The summed E-state index contributed by atoms with van der Waals surface area (Å²) in [6.07, 6.45) is 7.51. The summed E-state index contributed by atoms with van der Waals surface area (Å²) < 4.78 is 5.35. The fourth-order valence-corrected chi connectivity index (χ4v) is 1.60. The van der Waals surface area contributed by atoms with Crippen LogP contribution in [0.25, 0.3) is 12.2 Å². The molecule has 68 valence electrons. The van der Waals surface area contributed by atoms with Gasteiger partial charge in [0.2, 0.25) is 0 Å². The Balaban J connectivity index is 2.37. The molecule has 0 N–H and O–H groups in total. The SMILES string of the molecule is C1=Cc2cc3c(cc2=CC=N1)OCN=3. The Kier molecular flexibility index (Phi) is 1.50. The summed E-state index contributed by atoms with van der Waals surface area (Å²) >= 11 is 0. The van der Waals surface area contributed by atoms with Gasteiger partial charge in [0.15, 0.2) is 6.73 Å². The minimum atomic E-state index is 0.441. The van der Waals surface area contributed by atoms with Crippen molar-refractivity contribution in [2.24, 2.45) is 9.98 Å². The van der Waals surface area contributed by atoms with E-state index in [9.17, 15) is 0 Å². The Morgan fingerprint density at radius 2 is 2.29 bits per heavy atom. The predicted octanol–water partition coefficient (Wildman–Crippen LogP) is 0.492. The maximum Gasteiger partial charge on any atom is 0.180 e. The maximum absolute atomic E-state index is 5.35. The Labute approximate surface area is 80.8 Å². The fraction of sp³-hybridized carbons (Fsp3) is 0.0909. The van der Waals surface area contributed by atoms with E-state index in [1.807, 2.05) is 24.3 Å². The highest BCUT2D eigenvalue weighted by Crippen LogP contribution is 2.07. The molecule has 0 atom stereocenters. The Bertz CT molecular complexity index is 555. The van der Waals surface area contributed by atoms with Crippen molar-refractivity contribution in [3.63, 3.8) is 0 Å². The number of rotatable bonds is 0. The molecular formula is C11H8N2O. The molecule has 1 aromatic carbocycles. The summed E-state index contributed by atoms with van der Waals surface area (Å²) in [5, 5.41) is 2.06. The summed E-state index contributed by atoms with van der Waals surface area (Å²) in [5.74, 6) is 0.865. The second-order valence-corrected chi connectivity index (χ2v) is 3.16. The zero-order chi connectivity index (χ0) is 9.38. The number of hydrogen-bond donors (Lipinski definition) is 0. The van der Waals surface area contributed by atoms with Crippen LogP contribution in [0, 0.1) is 0 Å². The van der Waals surface area contributed by atoms with E-state index in [4.69, 9.17) is 4.74 Å². The summed E-state index contributed by atoms with van der Waals surface area (Å²) in [5.41, 5.74) is 1.13. The average molecular weight is 184 g/mol. The number of hydrogen-bond acceptors (Lipinski definition) is 3. The lowest BCUT2D eigenvalue weighted by atomic mass is 10.1. The number of benzene rings is 1. The van der Waals surface area contributed by atoms with Gasteiger partial charge < -0.3 is 4.74 Å². The average Bonchev–Trinajstić information content (AvgIpc) is 2.51. The number of aliphatic imine (C=N–C) groups is 1. The first-order valence-corrected chi connectivity index (χ1v) is 4.45. The lowest BCUT2D eigenvalue weighted by Crippen LogP contribution is -2.12. The fourth-order valence-electron chi connectivity index (χ4n) is 1.60. The van der Waals surface area contributed by atoms with E-state index in [0.29, 0.717) is 6.73 Å². The predicted molar refractivity (Wildman–Crippen MR) is 54.7 cm³/mol. The van der Waals surface area contributed by atoms with Gasteiger partial charge in [-0.05, 0) is 35.1 Å². The molecule has 14 heavy (non-hydrogen) atoms. The van der Waals surface area contributed by atoms with Crippen molar-refractivity contribution in [3.05, 3.63) is 34.5 Å². The third kappa shape index (κ3) is 1.06. The molecule has 0 bridgehead atoms. The topological polar surface area (TPSA) is 34.0 Å². The molecule has 3 rings (SSSR count). The van der Waals surface area contributed by atoms with E-state index < -0.39 is 0 Å². The van der Waals surface area contributed by atoms with Crippen molar-refractivity contribution in [2.75, 3.05) is 6.73 Å². The summed E-state index contributed by atoms with van der Waals surface area (Å²) in [4.78, 5) is 8.28. The number of nitrogens with zero attached hydrogens (tertiary/aromatic N) is 2. The van der Waals surface area contributed by atoms with E-state index >= 15 is 0 Å². The lowest BCUT2D eigenvalue weighted by Gasteiger charge is -1.97. The molecule has 1 aromatic rings. The monoisotopic (exact) mass is 184 g/mol. The van der Waals surface area contributed by atoms with Gasteiger partial charge >= 0.3 is 0 Å². The van der Waals surface area contributed by atoms with Crippen LogP contribution in [0.5, 0.6) is 5.75 Å². The molecule has 0 aliphatic carbocycles. The molecule has 0 saturated heterocycles. The van der Waals surface area contributed by atoms with Crippen LogP contribution in [-0.2, 0) is 0 Å². The molecule has 0 saturated carbocycles. The summed E-state index contributed by atoms with van der Waals surface area (Å²) in [7, 11) is 0. The third-order valence-corrected chi connectivity index (χ3v) is 2.30. The van der Waals surface area contributed by atoms with Gasteiger partial charge in [-0.15, -0.1) is 0 Å².